The number of anilines is 1. The van der Waals surface area contributed by atoms with E-state index in [4.69, 9.17) is 0 Å². The van der Waals surface area contributed by atoms with Gasteiger partial charge in [-0.2, -0.15) is 0 Å². The molecule has 0 aromatic carbocycles. The van der Waals surface area contributed by atoms with E-state index < -0.39 is 0 Å². The molecule has 0 radical (unpaired) electrons. The molecular weight excluding hydrogens is 288 g/mol. The van der Waals surface area contributed by atoms with E-state index in [2.05, 4.69) is 21.4 Å². The fraction of sp³-hybridized carbons (Fsp3) is 0.278. The normalized spacial score (nSPS) is 14.1. The van der Waals surface area contributed by atoms with Gasteiger partial charge in [0.15, 0.2) is 0 Å². The zero-order valence-electron chi connectivity index (χ0n) is 13.3. The second-order valence-electron chi connectivity index (χ2n) is 5.61. The van der Waals surface area contributed by atoms with E-state index in [1.807, 2.05) is 42.2 Å². The van der Waals surface area contributed by atoms with Crippen LogP contribution in [0.2, 0.25) is 0 Å². The molecule has 0 saturated heterocycles. The number of carbonyl (C=O) groups is 1. The number of pyridine rings is 2. The number of hydrogen-bond acceptors (Lipinski definition) is 4. The third kappa shape index (κ3) is 3.23. The van der Waals surface area contributed by atoms with Crippen LogP contribution in [0, 0.1) is 6.92 Å². The maximum atomic E-state index is 12.8. The van der Waals surface area contributed by atoms with Crippen molar-refractivity contribution in [1.29, 1.82) is 0 Å². The molecule has 23 heavy (non-hydrogen) atoms. The van der Waals surface area contributed by atoms with Gasteiger partial charge in [-0.3, -0.25) is 4.79 Å². The first-order valence-corrected chi connectivity index (χ1v) is 7.71. The number of aromatic nitrogens is 2. The summed E-state index contributed by atoms with van der Waals surface area (Å²) < 4.78 is 0. The van der Waals surface area contributed by atoms with E-state index in [9.17, 15) is 4.79 Å². The Labute approximate surface area is 136 Å². The molecule has 0 fully saturated rings. The number of aryl methyl sites for hydroxylation is 1. The summed E-state index contributed by atoms with van der Waals surface area (Å²) in [5, 5.41) is 0. The number of carbonyl (C=O) groups excluding carboxylic acids is 1. The van der Waals surface area contributed by atoms with Crippen molar-refractivity contribution in [2.45, 2.75) is 13.5 Å². The molecule has 0 atom stereocenters. The van der Waals surface area contributed by atoms with Crippen LogP contribution >= 0.6 is 0 Å². The summed E-state index contributed by atoms with van der Waals surface area (Å²) in [7, 11) is 0. The van der Waals surface area contributed by atoms with Crippen molar-refractivity contribution >= 4 is 11.7 Å². The molecule has 5 heteroatoms. The second kappa shape index (κ2) is 6.60. The molecule has 0 saturated carbocycles. The van der Waals surface area contributed by atoms with Crippen LogP contribution in [0.3, 0.4) is 0 Å². The highest BCUT2D eigenvalue weighted by atomic mass is 16.2. The van der Waals surface area contributed by atoms with Gasteiger partial charge in [-0.15, -0.1) is 6.58 Å². The van der Waals surface area contributed by atoms with Crippen molar-refractivity contribution < 1.29 is 4.79 Å². The molecule has 1 aliphatic rings. The highest BCUT2D eigenvalue weighted by Gasteiger charge is 2.24. The Hall–Kier alpha value is -2.69. The molecule has 1 aliphatic heterocycles. The van der Waals surface area contributed by atoms with Gasteiger partial charge in [0, 0.05) is 43.6 Å². The van der Waals surface area contributed by atoms with Crippen LogP contribution in [0.15, 0.2) is 49.2 Å². The van der Waals surface area contributed by atoms with Crippen molar-refractivity contribution in [2.24, 2.45) is 0 Å². The number of fused-ring (bicyclic) bond motifs is 1. The van der Waals surface area contributed by atoms with E-state index in [1.54, 1.807) is 12.3 Å². The van der Waals surface area contributed by atoms with Crippen LogP contribution in [0.4, 0.5) is 5.82 Å². The smallest absolute Gasteiger partial charge is 0.272 e. The first-order chi connectivity index (χ1) is 11.2. The fourth-order valence-electron chi connectivity index (χ4n) is 2.80. The van der Waals surface area contributed by atoms with Crippen molar-refractivity contribution in [3.63, 3.8) is 0 Å². The van der Waals surface area contributed by atoms with Crippen LogP contribution in [0.25, 0.3) is 0 Å². The molecular formula is C18H20N4O. The van der Waals surface area contributed by atoms with Gasteiger partial charge in [0.05, 0.1) is 0 Å². The lowest BCUT2D eigenvalue weighted by Crippen LogP contribution is -2.36. The highest BCUT2D eigenvalue weighted by Crippen LogP contribution is 2.23. The molecule has 3 rings (SSSR count). The Bertz CT molecular complexity index is 728. The molecule has 2 aromatic rings. The van der Waals surface area contributed by atoms with Gasteiger partial charge in [-0.1, -0.05) is 18.2 Å². The molecule has 3 heterocycles. The minimum Gasteiger partial charge on any atom is -0.351 e. The van der Waals surface area contributed by atoms with Crippen LogP contribution < -0.4 is 4.90 Å². The third-order valence-corrected chi connectivity index (χ3v) is 3.91. The van der Waals surface area contributed by atoms with Gasteiger partial charge in [0.2, 0.25) is 0 Å². The standard InChI is InChI=1S/C18H20N4O/c1-3-10-21-11-12-22(13-15-7-5-9-19-17(15)21)18(23)16-8-4-6-14(2)20-16/h3-9H,1,10-13H2,2H3. The maximum Gasteiger partial charge on any atom is 0.272 e. The minimum atomic E-state index is -0.0380. The lowest BCUT2D eigenvalue weighted by atomic mass is 10.2. The molecule has 0 aliphatic carbocycles. The number of hydrogen-bond donors (Lipinski definition) is 0. The monoisotopic (exact) mass is 308 g/mol. The molecule has 0 N–H and O–H groups in total. The average molecular weight is 308 g/mol. The second-order valence-corrected chi connectivity index (χ2v) is 5.61. The first kappa shape index (κ1) is 15.2. The van der Waals surface area contributed by atoms with Crippen LogP contribution in [-0.4, -0.2) is 40.4 Å². The van der Waals surface area contributed by atoms with Gasteiger partial charge in [0.1, 0.15) is 11.5 Å². The zero-order chi connectivity index (χ0) is 16.2. The van der Waals surface area contributed by atoms with E-state index >= 15 is 0 Å². The Morgan fingerprint density at radius 3 is 2.96 bits per heavy atom. The topological polar surface area (TPSA) is 49.3 Å². The SMILES string of the molecule is C=CCN1CCN(C(=O)c2cccc(C)n2)Cc2cccnc21. The van der Waals surface area contributed by atoms with Crippen LogP contribution in [-0.2, 0) is 6.54 Å². The summed E-state index contributed by atoms with van der Waals surface area (Å²) in [5.74, 6) is 0.892. The minimum absolute atomic E-state index is 0.0380. The fourth-order valence-corrected chi connectivity index (χ4v) is 2.80. The van der Waals surface area contributed by atoms with Crippen molar-refractivity contribution in [3.05, 3.63) is 66.1 Å². The summed E-state index contributed by atoms with van der Waals surface area (Å²) in [5.41, 5.74) is 2.39. The highest BCUT2D eigenvalue weighted by molar-refractivity contribution is 5.92. The summed E-state index contributed by atoms with van der Waals surface area (Å²) in [6.07, 6.45) is 3.65. The summed E-state index contributed by atoms with van der Waals surface area (Å²) in [6, 6.07) is 9.46. The molecule has 0 spiro atoms. The van der Waals surface area contributed by atoms with Gasteiger partial charge in [0.25, 0.3) is 5.91 Å². The van der Waals surface area contributed by atoms with Crippen molar-refractivity contribution in [3.8, 4) is 0 Å². The van der Waals surface area contributed by atoms with Crippen LogP contribution in [0.5, 0.6) is 0 Å². The summed E-state index contributed by atoms with van der Waals surface area (Å²) in [4.78, 5) is 25.6. The summed E-state index contributed by atoms with van der Waals surface area (Å²) in [6.45, 7) is 8.33. The van der Waals surface area contributed by atoms with Crippen LogP contribution in [0.1, 0.15) is 21.7 Å². The van der Waals surface area contributed by atoms with Gasteiger partial charge in [-0.25, -0.2) is 9.97 Å². The number of amides is 1. The lowest BCUT2D eigenvalue weighted by Gasteiger charge is -2.22. The maximum absolute atomic E-state index is 12.8. The van der Waals surface area contributed by atoms with E-state index in [-0.39, 0.29) is 5.91 Å². The predicted molar refractivity (Wildman–Crippen MR) is 90.4 cm³/mol. The Morgan fingerprint density at radius 1 is 1.30 bits per heavy atom. The van der Waals surface area contributed by atoms with Crippen molar-refractivity contribution in [1.82, 2.24) is 14.9 Å². The Morgan fingerprint density at radius 2 is 2.17 bits per heavy atom. The largest absolute Gasteiger partial charge is 0.351 e. The predicted octanol–water partition coefficient (Wildman–Crippen LogP) is 2.43. The molecule has 2 aromatic heterocycles. The van der Waals surface area contributed by atoms with Gasteiger partial charge in [-0.05, 0) is 25.1 Å². The van der Waals surface area contributed by atoms with E-state index in [0.29, 0.717) is 18.8 Å². The molecule has 0 bridgehead atoms. The number of nitrogens with zero attached hydrogens (tertiary/aromatic N) is 4. The van der Waals surface area contributed by atoms with E-state index in [0.717, 1.165) is 30.2 Å². The Balaban J connectivity index is 1.89. The molecule has 118 valence electrons. The molecule has 0 unspecified atom stereocenters. The summed E-state index contributed by atoms with van der Waals surface area (Å²) >= 11 is 0. The molecule has 5 nitrogen and oxygen atoms in total. The first-order valence-electron chi connectivity index (χ1n) is 7.71. The van der Waals surface area contributed by atoms with Crippen molar-refractivity contribution in [2.75, 3.05) is 24.5 Å². The zero-order valence-corrected chi connectivity index (χ0v) is 13.3. The quantitative estimate of drug-likeness (QED) is 0.817. The van der Waals surface area contributed by atoms with Gasteiger partial charge < -0.3 is 9.80 Å². The van der Waals surface area contributed by atoms with Gasteiger partial charge >= 0.3 is 0 Å². The number of rotatable bonds is 3. The molecule has 1 amide bonds. The lowest BCUT2D eigenvalue weighted by molar-refractivity contribution is 0.0745. The average Bonchev–Trinajstić information content (AvgIpc) is 2.75. The Kier molecular flexibility index (Phi) is 4.37. The van der Waals surface area contributed by atoms with E-state index in [1.165, 1.54) is 0 Å². The third-order valence-electron chi connectivity index (χ3n) is 3.91.